The van der Waals surface area contributed by atoms with Crippen LogP contribution in [-0.2, 0) is 16.8 Å². The van der Waals surface area contributed by atoms with Crippen molar-refractivity contribution >= 4 is 5.94 Å². The molecule has 4 heteroatoms. The van der Waals surface area contributed by atoms with Crippen LogP contribution in [-0.4, -0.2) is 19.0 Å². The Kier molecular flexibility index (Phi) is 2.71. The van der Waals surface area contributed by atoms with Crippen LogP contribution in [0.25, 0.3) is 0 Å². The third-order valence-electron chi connectivity index (χ3n) is 3.99. The summed E-state index contributed by atoms with van der Waals surface area (Å²) in [5.41, 5.74) is 7.58. The molecule has 3 rings (SSSR count). The van der Waals surface area contributed by atoms with Crippen molar-refractivity contribution in [2.45, 2.75) is 24.8 Å². The van der Waals surface area contributed by atoms with Gasteiger partial charge in [-0.25, -0.2) is 4.79 Å². The number of rotatable bonds is 1. The van der Waals surface area contributed by atoms with Gasteiger partial charge in [-0.05, 0) is 43.6 Å². The molecule has 2 aliphatic rings. The Balaban J connectivity index is 2.15. The van der Waals surface area contributed by atoms with Gasteiger partial charge in [-0.15, -0.1) is 0 Å². The number of nitrogens with one attached hydrogen (secondary N) is 1. The zero-order valence-corrected chi connectivity index (χ0v) is 10.2. The first-order chi connectivity index (χ1) is 8.80. The Bertz CT molecular complexity index is 527. The normalized spacial score (nSPS) is 20.4. The number of fused-ring (bicyclic) bond motifs is 2. The summed E-state index contributed by atoms with van der Waals surface area (Å²) in [6.45, 7) is 2.28. The topological polar surface area (TPSA) is 64.3 Å². The summed E-state index contributed by atoms with van der Waals surface area (Å²) in [5.74, 6) is 3.22. The van der Waals surface area contributed by atoms with Crippen LogP contribution in [0.15, 0.2) is 24.0 Å². The third-order valence-corrected chi connectivity index (χ3v) is 3.99. The van der Waals surface area contributed by atoms with Crippen molar-refractivity contribution in [3.05, 3.63) is 35.1 Å². The van der Waals surface area contributed by atoms with Crippen molar-refractivity contribution in [3.8, 4) is 5.75 Å². The van der Waals surface area contributed by atoms with Crippen LogP contribution in [0.5, 0.6) is 5.75 Å². The Labute approximate surface area is 106 Å². The van der Waals surface area contributed by atoms with E-state index in [1.165, 1.54) is 0 Å². The Morgan fingerprint density at radius 3 is 2.83 bits per heavy atom. The summed E-state index contributed by atoms with van der Waals surface area (Å²) in [5, 5.41) is 3.32. The van der Waals surface area contributed by atoms with E-state index in [2.05, 4.69) is 11.4 Å². The minimum absolute atomic E-state index is 0.284. The smallest absolute Gasteiger partial charge is 0.198 e. The minimum atomic E-state index is -0.284. The van der Waals surface area contributed by atoms with Gasteiger partial charge in [0.15, 0.2) is 11.7 Å². The molecular weight excluding hydrogens is 228 g/mol. The SMILES string of the molecule is NCc1ccc2c(c1)C1(CCNCC1)C(=C=O)O2. The van der Waals surface area contributed by atoms with Crippen LogP contribution >= 0.6 is 0 Å². The zero-order chi connectivity index (χ0) is 12.6. The maximum atomic E-state index is 11.2. The molecule has 1 aromatic carbocycles. The molecule has 1 fully saturated rings. The largest absolute Gasteiger partial charge is 0.449 e. The Morgan fingerprint density at radius 2 is 2.17 bits per heavy atom. The molecule has 0 atom stereocenters. The van der Waals surface area contributed by atoms with Gasteiger partial charge in [-0.1, -0.05) is 6.07 Å². The molecular formula is C14H16N2O2. The number of piperidine rings is 1. The zero-order valence-electron chi connectivity index (χ0n) is 10.2. The summed E-state index contributed by atoms with van der Waals surface area (Å²) in [6, 6.07) is 5.93. The summed E-state index contributed by atoms with van der Waals surface area (Å²) < 4.78 is 5.67. The van der Waals surface area contributed by atoms with Gasteiger partial charge >= 0.3 is 0 Å². The molecule has 2 heterocycles. The monoisotopic (exact) mass is 244 g/mol. The summed E-state index contributed by atoms with van der Waals surface area (Å²) in [6.07, 6.45) is 1.75. The lowest BCUT2D eigenvalue weighted by Gasteiger charge is -2.32. The van der Waals surface area contributed by atoms with Gasteiger partial charge in [-0.3, -0.25) is 0 Å². The van der Waals surface area contributed by atoms with Crippen LogP contribution in [0.1, 0.15) is 24.0 Å². The second-order valence-corrected chi connectivity index (χ2v) is 4.90. The molecule has 0 amide bonds. The lowest BCUT2D eigenvalue weighted by atomic mass is 9.73. The van der Waals surface area contributed by atoms with Gasteiger partial charge < -0.3 is 15.8 Å². The molecule has 1 aromatic rings. The van der Waals surface area contributed by atoms with Gasteiger partial charge in [-0.2, -0.15) is 0 Å². The molecule has 94 valence electrons. The molecule has 3 N–H and O–H groups in total. The van der Waals surface area contributed by atoms with Crippen molar-refractivity contribution in [2.24, 2.45) is 5.73 Å². The first-order valence-corrected chi connectivity index (χ1v) is 6.28. The summed E-state index contributed by atoms with van der Waals surface area (Å²) >= 11 is 0. The second-order valence-electron chi connectivity index (χ2n) is 4.90. The van der Waals surface area contributed by atoms with Gasteiger partial charge in [0.1, 0.15) is 5.75 Å². The molecule has 0 aliphatic carbocycles. The van der Waals surface area contributed by atoms with E-state index in [0.29, 0.717) is 12.3 Å². The van der Waals surface area contributed by atoms with Crippen molar-refractivity contribution in [1.29, 1.82) is 0 Å². The summed E-state index contributed by atoms with van der Waals surface area (Å²) in [4.78, 5) is 11.2. The van der Waals surface area contributed by atoms with E-state index in [9.17, 15) is 4.79 Å². The molecule has 0 saturated carbocycles. The first-order valence-electron chi connectivity index (χ1n) is 6.28. The van der Waals surface area contributed by atoms with E-state index in [1.807, 2.05) is 18.1 Å². The Hall–Kier alpha value is -1.61. The molecule has 0 radical (unpaired) electrons. The molecule has 4 nitrogen and oxygen atoms in total. The van der Waals surface area contributed by atoms with Crippen LogP contribution < -0.4 is 15.8 Å². The lowest BCUT2D eigenvalue weighted by molar-refractivity contribution is 0.300. The fraction of sp³-hybridized carbons (Fsp3) is 0.429. The van der Waals surface area contributed by atoms with E-state index in [1.54, 1.807) is 0 Å². The van der Waals surface area contributed by atoms with Crippen LogP contribution in [0, 0.1) is 0 Å². The molecule has 0 aromatic heterocycles. The van der Waals surface area contributed by atoms with Crippen molar-refractivity contribution in [3.63, 3.8) is 0 Å². The number of ether oxygens (including phenoxy) is 1. The van der Waals surface area contributed by atoms with Gasteiger partial charge in [0, 0.05) is 12.1 Å². The van der Waals surface area contributed by atoms with Crippen LogP contribution in [0.2, 0.25) is 0 Å². The predicted molar refractivity (Wildman–Crippen MR) is 67.9 cm³/mol. The number of hydrogen-bond acceptors (Lipinski definition) is 4. The number of hydrogen-bond donors (Lipinski definition) is 2. The maximum Gasteiger partial charge on any atom is 0.198 e. The number of nitrogens with two attached hydrogens (primary N) is 1. The van der Waals surface area contributed by atoms with E-state index in [0.717, 1.165) is 42.8 Å². The van der Waals surface area contributed by atoms with E-state index in [4.69, 9.17) is 10.5 Å². The lowest BCUT2D eigenvalue weighted by Crippen LogP contribution is -2.40. The molecule has 1 saturated heterocycles. The molecule has 18 heavy (non-hydrogen) atoms. The highest BCUT2D eigenvalue weighted by molar-refractivity contribution is 5.64. The fourth-order valence-corrected chi connectivity index (χ4v) is 2.97. The van der Waals surface area contributed by atoms with Crippen LogP contribution in [0.4, 0.5) is 0 Å². The highest BCUT2D eigenvalue weighted by Gasteiger charge is 2.47. The van der Waals surface area contributed by atoms with E-state index in [-0.39, 0.29) is 5.41 Å². The molecule has 0 bridgehead atoms. The van der Waals surface area contributed by atoms with Crippen LogP contribution in [0.3, 0.4) is 0 Å². The van der Waals surface area contributed by atoms with Gasteiger partial charge in [0.2, 0.25) is 0 Å². The number of allylic oxidation sites excluding steroid dienone is 1. The van der Waals surface area contributed by atoms with Crippen molar-refractivity contribution in [1.82, 2.24) is 5.32 Å². The highest BCUT2D eigenvalue weighted by Crippen LogP contribution is 2.49. The number of benzene rings is 1. The minimum Gasteiger partial charge on any atom is -0.449 e. The van der Waals surface area contributed by atoms with Gasteiger partial charge in [0.25, 0.3) is 0 Å². The fourth-order valence-electron chi connectivity index (χ4n) is 2.97. The number of carbonyl (C=O) groups excluding carboxylic acids is 1. The second kappa shape index (κ2) is 4.25. The van der Waals surface area contributed by atoms with E-state index >= 15 is 0 Å². The third kappa shape index (κ3) is 1.51. The molecule has 0 unspecified atom stereocenters. The summed E-state index contributed by atoms with van der Waals surface area (Å²) in [7, 11) is 0. The maximum absolute atomic E-state index is 11.2. The molecule has 1 spiro atoms. The Morgan fingerprint density at radius 1 is 1.39 bits per heavy atom. The van der Waals surface area contributed by atoms with E-state index < -0.39 is 0 Å². The quantitative estimate of drug-likeness (QED) is 0.720. The first kappa shape index (κ1) is 11.5. The van der Waals surface area contributed by atoms with Crippen molar-refractivity contribution in [2.75, 3.05) is 13.1 Å². The highest BCUT2D eigenvalue weighted by atomic mass is 16.5. The van der Waals surface area contributed by atoms with Gasteiger partial charge in [0.05, 0.1) is 5.41 Å². The predicted octanol–water partition coefficient (Wildman–Crippen LogP) is 0.874. The standard InChI is InChI=1S/C14H16N2O2/c15-8-10-1-2-12-11(7-10)14(13(9-17)18-12)3-5-16-6-4-14/h1-2,7,16H,3-6,8,15H2. The average molecular weight is 244 g/mol. The van der Waals surface area contributed by atoms with Crippen molar-refractivity contribution < 1.29 is 9.53 Å². The average Bonchev–Trinajstić information content (AvgIpc) is 2.73. The molecule has 2 aliphatic heterocycles.